The third-order valence-electron chi connectivity index (χ3n) is 3.84. The van der Waals surface area contributed by atoms with Gasteiger partial charge in [-0.3, -0.25) is 10.0 Å². The largest absolute Gasteiger partial charge is 0.573 e. The zero-order valence-corrected chi connectivity index (χ0v) is 16.0. The van der Waals surface area contributed by atoms with Crippen LogP contribution >= 0.6 is 0 Å². The van der Waals surface area contributed by atoms with Crippen LogP contribution in [0.1, 0.15) is 13.3 Å². The summed E-state index contributed by atoms with van der Waals surface area (Å²) in [5, 5.41) is 9.63. The number of carbonyl (C=O) groups is 1. The molecule has 0 bridgehead atoms. The number of amides is 1. The molecule has 0 saturated heterocycles. The monoisotopic (exact) mass is 433 g/mol. The highest BCUT2D eigenvalue weighted by atomic mass is 32.2. The lowest BCUT2D eigenvalue weighted by Gasteiger charge is -2.17. The van der Waals surface area contributed by atoms with Gasteiger partial charge in [-0.05, 0) is 61.9 Å². The van der Waals surface area contributed by atoms with E-state index < -0.39 is 28.0 Å². The van der Waals surface area contributed by atoms with Gasteiger partial charge in [0.05, 0.1) is 16.7 Å². The van der Waals surface area contributed by atoms with Gasteiger partial charge in [0.15, 0.2) is 9.84 Å². The Hall–Kier alpha value is -2.79. The Morgan fingerprint density at radius 3 is 2.00 bits per heavy atom. The summed E-state index contributed by atoms with van der Waals surface area (Å²) in [6.07, 6.45) is -4.54. The van der Waals surface area contributed by atoms with E-state index in [0.717, 1.165) is 12.1 Å². The molecular weight excluding hydrogens is 415 g/mol. The lowest BCUT2D eigenvalue weighted by atomic mass is 10.3. The van der Waals surface area contributed by atoms with Crippen LogP contribution in [0.2, 0.25) is 0 Å². The normalized spacial score (nSPS) is 12.9. The van der Waals surface area contributed by atoms with Gasteiger partial charge in [-0.2, -0.15) is 0 Å². The van der Waals surface area contributed by atoms with Gasteiger partial charge in [0.2, 0.25) is 6.41 Å². The summed E-state index contributed by atoms with van der Waals surface area (Å²) in [6, 6.07) is 9.54. The molecule has 0 radical (unpaired) electrons. The van der Waals surface area contributed by atoms with Gasteiger partial charge >= 0.3 is 6.36 Å². The van der Waals surface area contributed by atoms with Crippen molar-refractivity contribution in [2.75, 3.05) is 5.75 Å². The number of hydroxylamine groups is 2. The fourth-order valence-electron chi connectivity index (χ4n) is 2.24. The summed E-state index contributed by atoms with van der Waals surface area (Å²) in [5.41, 5.74) is 0. The Morgan fingerprint density at radius 2 is 1.52 bits per heavy atom. The summed E-state index contributed by atoms with van der Waals surface area (Å²) in [4.78, 5) is 10.5. The Morgan fingerprint density at radius 1 is 1.03 bits per heavy atom. The molecule has 2 rings (SSSR count). The molecule has 0 aliphatic heterocycles. The Kier molecular flexibility index (Phi) is 7.09. The fourth-order valence-corrected chi connectivity index (χ4v) is 3.68. The first kappa shape index (κ1) is 22.5. The number of hydrogen-bond acceptors (Lipinski definition) is 6. The van der Waals surface area contributed by atoms with E-state index in [2.05, 4.69) is 4.74 Å². The zero-order valence-electron chi connectivity index (χ0n) is 15.2. The maximum atomic E-state index is 12.3. The van der Waals surface area contributed by atoms with Crippen LogP contribution in [0.15, 0.2) is 53.4 Å². The van der Waals surface area contributed by atoms with Crippen LogP contribution in [0.4, 0.5) is 13.2 Å². The van der Waals surface area contributed by atoms with Crippen molar-refractivity contribution in [2.24, 2.45) is 0 Å². The molecule has 29 heavy (non-hydrogen) atoms. The number of rotatable bonds is 9. The van der Waals surface area contributed by atoms with Crippen molar-refractivity contribution >= 4 is 16.2 Å². The second-order valence-electron chi connectivity index (χ2n) is 6.03. The molecular formula is C18H18F3NO6S. The molecule has 2 aromatic carbocycles. The number of carbonyl (C=O) groups excluding carboxylic acids is 1. The van der Waals surface area contributed by atoms with Crippen molar-refractivity contribution < 1.29 is 41.1 Å². The highest BCUT2D eigenvalue weighted by molar-refractivity contribution is 7.91. The number of alkyl halides is 3. The van der Waals surface area contributed by atoms with E-state index in [4.69, 9.17) is 4.74 Å². The average molecular weight is 433 g/mol. The Balaban J connectivity index is 2.00. The minimum Gasteiger partial charge on any atom is -0.457 e. The number of hydrogen-bond donors (Lipinski definition) is 1. The molecule has 1 N–H and O–H groups in total. The average Bonchev–Trinajstić information content (AvgIpc) is 2.66. The van der Waals surface area contributed by atoms with Gasteiger partial charge < -0.3 is 9.47 Å². The van der Waals surface area contributed by atoms with E-state index in [0.29, 0.717) is 5.06 Å². The second kappa shape index (κ2) is 9.14. The smallest absolute Gasteiger partial charge is 0.457 e. The molecule has 7 nitrogen and oxygen atoms in total. The minimum atomic E-state index is -4.79. The van der Waals surface area contributed by atoms with Crippen LogP contribution in [0.25, 0.3) is 0 Å². The maximum Gasteiger partial charge on any atom is 0.573 e. The summed E-state index contributed by atoms with van der Waals surface area (Å²) < 4.78 is 70.3. The molecule has 2 aromatic rings. The highest BCUT2D eigenvalue weighted by Gasteiger charge is 2.31. The van der Waals surface area contributed by atoms with Gasteiger partial charge in [0.1, 0.15) is 17.2 Å². The standard InChI is InChI=1S/C18H18F3NO6S/c1-13(22(24)12-23)10-11-29(25,26)17-8-6-15(7-9-17)27-14-2-4-16(5-3-14)28-18(19,20)21/h2-9,12-13,24H,10-11H2,1H3. The van der Waals surface area contributed by atoms with Crippen LogP contribution in [0, 0.1) is 0 Å². The van der Waals surface area contributed by atoms with E-state index in [1.807, 2.05) is 0 Å². The number of sulfone groups is 1. The van der Waals surface area contributed by atoms with Gasteiger partial charge in [-0.15, -0.1) is 13.2 Å². The number of benzene rings is 2. The molecule has 0 aliphatic carbocycles. The minimum absolute atomic E-state index is 0.0292. The molecule has 0 fully saturated rings. The van der Waals surface area contributed by atoms with Crippen LogP contribution in [0.5, 0.6) is 17.2 Å². The molecule has 0 spiro atoms. The first-order chi connectivity index (χ1) is 13.5. The van der Waals surface area contributed by atoms with Crippen molar-refractivity contribution in [1.29, 1.82) is 0 Å². The van der Waals surface area contributed by atoms with Crippen molar-refractivity contribution in [1.82, 2.24) is 5.06 Å². The first-order valence-electron chi connectivity index (χ1n) is 8.29. The van der Waals surface area contributed by atoms with E-state index >= 15 is 0 Å². The number of nitrogens with zero attached hydrogens (tertiary/aromatic N) is 1. The van der Waals surface area contributed by atoms with Gasteiger partial charge in [0.25, 0.3) is 0 Å². The zero-order chi connectivity index (χ0) is 21.7. The molecule has 11 heteroatoms. The molecule has 0 heterocycles. The summed E-state index contributed by atoms with van der Waals surface area (Å²) in [7, 11) is -3.64. The van der Waals surface area contributed by atoms with Gasteiger partial charge in [-0.1, -0.05) is 0 Å². The summed E-state index contributed by atoms with van der Waals surface area (Å²) in [6.45, 7) is 1.51. The van der Waals surface area contributed by atoms with Crippen molar-refractivity contribution in [3.05, 3.63) is 48.5 Å². The van der Waals surface area contributed by atoms with Crippen LogP contribution in [-0.2, 0) is 14.6 Å². The van der Waals surface area contributed by atoms with Crippen molar-refractivity contribution in [3.63, 3.8) is 0 Å². The molecule has 0 aromatic heterocycles. The van der Waals surface area contributed by atoms with Crippen molar-refractivity contribution in [2.45, 2.75) is 30.6 Å². The Labute approximate surface area is 165 Å². The van der Waals surface area contributed by atoms with Gasteiger partial charge in [0, 0.05) is 0 Å². The first-order valence-corrected chi connectivity index (χ1v) is 9.94. The number of halogens is 3. The Bertz CT molecular complexity index is 914. The summed E-state index contributed by atoms with van der Waals surface area (Å²) >= 11 is 0. The van der Waals surface area contributed by atoms with Crippen LogP contribution in [-0.4, -0.2) is 43.3 Å². The quantitative estimate of drug-likeness (QED) is 0.368. The molecule has 1 atom stereocenters. The second-order valence-corrected chi connectivity index (χ2v) is 8.14. The third-order valence-corrected chi connectivity index (χ3v) is 5.60. The molecule has 1 amide bonds. The molecule has 158 valence electrons. The maximum absolute atomic E-state index is 12.3. The molecule has 1 unspecified atom stereocenters. The lowest BCUT2D eigenvalue weighted by molar-refractivity contribution is -0.274. The van der Waals surface area contributed by atoms with Gasteiger partial charge in [-0.25, -0.2) is 13.5 Å². The predicted octanol–water partition coefficient (Wildman–Crippen LogP) is 3.78. The summed E-state index contributed by atoms with van der Waals surface area (Å²) in [5.74, 6) is -0.151. The topological polar surface area (TPSA) is 93.1 Å². The van der Waals surface area contributed by atoms with E-state index in [1.54, 1.807) is 0 Å². The third kappa shape index (κ3) is 6.95. The van der Waals surface area contributed by atoms with E-state index in [1.165, 1.54) is 43.3 Å². The van der Waals surface area contributed by atoms with E-state index in [9.17, 15) is 31.6 Å². The molecule has 0 saturated carbocycles. The lowest BCUT2D eigenvalue weighted by Crippen LogP contribution is -2.30. The van der Waals surface area contributed by atoms with Crippen LogP contribution < -0.4 is 9.47 Å². The van der Waals surface area contributed by atoms with E-state index in [-0.39, 0.29) is 35.0 Å². The highest BCUT2D eigenvalue weighted by Crippen LogP contribution is 2.28. The molecule has 0 aliphatic rings. The SMILES string of the molecule is CC(CCS(=O)(=O)c1ccc(Oc2ccc(OC(F)(F)F)cc2)cc1)N(O)C=O. The van der Waals surface area contributed by atoms with Crippen molar-refractivity contribution in [3.8, 4) is 17.2 Å². The van der Waals surface area contributed by atoms with Crippen LogP contribution in [0.3, 0.4) is 0 Å². The predicted molar refractivity (Wildman–Crippen MR) is 95.5 cm³/mol. The fraction of sp³-hybridized carbons (Fsp3) is 0.278. The number of ether oxygens (including phenoxy) is 2.